The Kier molecular flexibility index (Phi) is 3.25. The highest BCUT2D eigenvalue weighted by atomic mass is 79.9. The lowest BCUT2D eigenvalue weighted by atomic mass is 9.49. The molecule has 0 radical (unpaired) electrons. The SMILES string of the molecule is O=C1c2ccc([N+](=O)[O-])cc2C(=O)N1CC12C[C@H]3C[C@@H](CC(Br)(C3)C1)C2. The summed E-state index contributed by atoms with van der Waals surface area (Å²) in [5.41, 5.74) is 0.301. The molecule has 1 aromatic rings. The Bertz CT molecular complexity index is 853. The molecule has 0 saturated heterocycles. The summed E-state index contributed by atoms with van der Waals surface area (Å²) in [5, 5.41) is 11.0. The second-order valence-electron chi connectivity index (χ2n) is 8.80. The van der Waals surface area contributed by atoms with Gasteiger partial charge in [-0.2, -0.15) is 0 Å². The quantitative estimate of drug-likeness (QED) is 0.322. The van der Waals surface area contributed by atoms with Gasteiger partial charge in [-0.25, -0.2) is 0 Å². The lowest BCUT2D eigenvalue weighted by molar-refractivity contribution is -0.384. The van der Waals surface area contributed by atoms with Gasteiger partial charge >= 0.3 is 0 Å². The number of non-ortho nitro benzene ring substituents is 1. The zero-order valence-corrected chi connectivity index (χ0v) is 15.8. The van der Waals surface area contributed by atoms with E-state index < -0.39 is 4.92 Å². The number of hydrogen-bond acceptors (Lipinski definition) is 4. The molecule has 2 amide bonds. The maximum absolute atomic E-state index is 12.9. The molecular formula is C19H19BrN2O4. The molecule has 4 fully saturated rings. The van der Waals surface area contributed by atoms with Crippen molar-refractivity contribution in [3.05, 3.63) is 39.4 Å². The van der Waals surface area contributed by atoms with Crippen LogP contribution in [0.3, 0.4) is 0 Å². The molecule has 0 N–H and O–H groups in total. The van der Waals surface area contributed by atoms with Crippen molar-refractivity contribution in [1.82, 2.24) is 4.90 Å². The topological polar surface area (TPSA) is 80.5 Å². The van der Waals surface area contributed by atoms with Crippen LogP contribution in [0.5, 0.6) is 0 Å². The third-order valence-corrected chi connectivity index (χ3v) is 7.70. The molecule has 5 aliphatic rings. The zero-order chi connectivity index (χ0) is 18.3. The maximum atomic E-state index is 12.9. The Hall–Kier alpha value is -1.76. The second-order valence-corrected chi connectivity index (χ2v) is 10.5. The number of nitro benzene ring substituents is 1. The van der Waals surface area contributed by atoms with Crippen LogP contribution in [0.4, 0.5) is 5.69 Å². The molecule has 6 nitrogen and oxygen atoms in total. The molecular weight excluding hydrogens is 400 g/mol. The fraction of sp³-hybridized carbons (Fsp3) is 0.579. The highest BCUT2D eigenvalue weighted by Gasteiger charge is 2.58. The Morgan fingerprint density at radius 2 is 1.77 bits per heavy atom. The summed E-state index contributed by atoms with van der Waals surface area (Å²) in [7, 11) is 0. The molecule has 0 aromatic heterocycles. The number of halogens is 1. The number of carbonyl (C=O) groups excluding carboxylic acids is 2. The van der Waals surface area contributed by atoms with Crippen LogP contribution >= 0.6 is 15.9 Å². The zero-order valence-electron chi connectivity index (χ0n) is 14.2. The summed E-state index contributed by atoms with van der Waals surface area (Å²) in [6.45, 7) is 0.438. The Morgan fingerprint density at radius 3 is 2.38 bits per heavy atom. The lowest BCUT2D eigenvalue weighted by Gasteiger charge is -2.60. The van der Waals surface area contributed by atoms with E-state index in [1.165, 1.54) is 42.4 Å². The predicted octanol–water partition coefficient (Wildman–Crippen LogP) is 3.92. The Morgan fingerprint density at radius 1 is 1.12 bits per heavy atom. The summed E-state index contributed by atoms with van der Waals surface area (Å²) >= 11 is 3.96. The van der Waals surface area contributed by atoms with Crippen molar-refractivity contribution in [2.75, 3.05) is 6.54 Å². The first kappa shape index (κ1) is 16.4. The van der Waals surface area contributed by atoms with Gasteiger partial charge in [0.2, 0.25) is 0 Å². The first-order valence-corrected chi connectivity index (χ1v) is 9.90. The van der Waals surface area contributed by atoms with Crippen LogP contribution in [0, 0.1) is 27.4 Å². The number of alkyl halides is 1. The number of carbonyl (C=O) groups is 2. The molecule has 4 aliphatic carbocycles. The van der Waals surface area contributed by atoms with Crippen molar-refractivity contribution in [2.45, 2.75) is 42.8 Å². The van der Waals surface area contributed by atoms with Gasteiger partial charge in [0, 0.05) is 23.0 Å². The minimum atomic E-state index is -0.533. The van der Waals surface area contributed by atoms with Crippen LogP contribution in [-0.4, -0.2) is 32.5 Å². The van der Waals surface area contributed by atoms with E-state index in [9.17, 15) is 19.7 Å². The third-order valence-electron chi connectivity index (χ3n) is 6.77. The predicted molar refractivity (Wildman–Crippen MR) is 97.2 cm³/mol. The monoisotopic (exact) mass is 418 g/mol. The summed E-state index contributed by atoms with van der Waals surface area (Å²) in [6.07, 6.45) is 6.80. The highest BCUT2D eigenvalue weighted by molar-refractivity contribution is 9.10. The number of imide groups is 1. The standard InChI is InChI=1S/C19H19BrN2O4/c20-19-7-11-3-12(8-19)6-18(5-11,9-19)10-21-16(23)14-2-1-13(22(25)26)4-15(14)17(21)24/h1-2,4,11-12H,3,5-10H2/t11-,12-,18?,19?/m1/s1. The minimum absolute atomic E-state index is 0.00706. The van der Waals surface area contributed by atoms with Gasteiger partial charge in [-0.3, -0.25) is 24.6 Å². The van der Waals surface area contributed by atoms with E-state index in [4.69, 9.17) is 0 Å². The molecule has 1 aromatic carbocycles. The first-order valence-electron chi connectivity index (χ1n) is 9.11. The number of fused-ring (bicyclic) bond motifs is 1. The van der Waals surface area contributed by atoms with Crippen molar-refractivity contribution in [1.29, 1.82) is 0 Å². The molecule has 136 valence electrons. The average molecular weight is 419 g/mol. The van der Waals surface area contributed by atoms with Crippen molar-refractivity contribution in [3.8, 4) is 0 Å². The average Bonchev–Trinajstić information content (AvgIpc) is 2.77. The number of nitrogens with zero attached hydrogens (tertiary/aromatic N) is 2. The molecule has 26 heavy (non-hydrogen) atoms. The number of hydrogen-bond donors (Lipinski definition) is 0. The smallest absolute Gasteiger partial charge is 0.270 e. The van der Waals surface area contributed by atoms with Crippen LogP contribution in [-0.2, 0) is 0 Å². The summed E-state index contributed by atoms with van der Waals surface area (Å²) in [5.74, 6) is 0.658. The van der Waals surface area contributed by atoms with Gasteiger partial charge in [0.1, 0.15) is 0 Å². The molecule has 0 spiro atoms. The van der Waals surface area contributed by atoms with Crippen molar-refractivity contribution in [3.63, 3.8) is 0 Å². The van der Waals surface area contributed by atoms with Gasteiger partial charge in [0.15, 0.2) is 0 Å². The first-order chi connectivity index (χ1) is 12.3. The van der Waals surface area contributed by atoms with E-state index in [0.717, 1.165) is 19.3 Å². The number of rotatable bonds is 3. The molecule has 6 rings (SSSR count). The van der Waals surface area contributed by atoms with E-state index >= 15 is 0 Å². The minimum Gasteiger partial charge on any atom is -0.274 e. The van der Waals surface area contributed by atoms with Gasteiger partial charge in [-0.15, -0.1) is 0 Å². The van der Waals surface area contributed by atoms with Crippen LogP contribution < -0.4 is 0 Å². The second kappa shape index (κ2) is 5.15. The Labute approximate surface area is 159 Å². The fourth-order valence-electron chi connectivity index (χ4n) is 6.39. The van der Waals surface area contributed by atoms with E-state index in [1.54, 1.807) is 0 Å². The van der Waals surface area contributed by atoms with E-state index in [1.807, 2.05) is 0 Å². The fourth-order valence-corrected chi connectivity index (χ4v) is 7.90. The van der Waals surface area contributed by atoms with Crippen LogP contribution in [0.2, 0.25) is 0 Å². The van der Waals surface area contributed by atoms with Crippen molar-refractivity contribution < 1.29 is 14.5 Å². The van der Waals surface area contributed by atoms with Gasteiger partial charge in [0.25, 0.3) is 17.5 Å². The molecule has 7 heteroatoms. The molecule has 1 aliphatic heterocycles. The van der Waals surface area contributed by atoms with Gasteiger partial charge < -0.3 is 0 Å². The van der Waals surface area contributed by atoms with Crippen molar-refractivity contribution >= 4 is 33.4 Å². The summed E-state index contributed by atoms with van der Waals surface area (Å²) in [4.78, 5) is 37.5. The molecule has 0 unspecified atom stereocenters. The van der Waals surface area contributed by atoms with Gasteiger partial charge in [0.05, 0.1) is 16.1 Å². The van der Waals surface area contributed by atoms with Crippen LogP contribution in [0.1, 0.15) is 59.2 Å². The molecule has 4 saturated carbocycles. The summed E-state index contributed by atoms with van der Waals surface area (Å²) in [6, 6.07) is 3.95. The molecule has 2 atom stereocenters. The third kappa shape index (κ3) is 2.29. The molecule has 1 heterocycles. The largest absolute Gasteiger partial charge is 0.274 e. The van der Waals surface area contributed by atoms with Crippen LogP contribution in [0.25, 0.3) is 0 Å². The van der Waals surface area contributed by atoms with Gasteiger partial charge in [-0.1, -0.05) is 15.9 Å². The number of nitro groups is 1. The van der Waals surface area contributed by atoms with E-state index in [0.29, 0.717) is 23.9 Å². The normalized spacial score (nSPS) is 37.3. The van der Waals surface area contributed by atoms with Crippen molar-refractivity contribution in [2.24, 2.45) is 17.3 Å². The highest BCUT2D eigenvalue weighted by Crippen LogP contribution is 2.64. The van der Waals surface area contributed by atoms with E-state index in [-0.39, 0.29) is 32.8 Å². The Balaban J connectivity index is 1.46. The molecule has 4 bridgehead atoms. The van der Waals surface area contributed by atoms with Crippen LogP contribution in [0.15, 0.2) is 18.2 Å². The maximum Gasteiger partial charge on any atom is 0.270 e. The number of amides is 2. The van der Waals surface area contributed by atoms with E-state index in [2.05, 4.69) is 15.9 Å². The summed E-state index contributed by atoms with van der Waals surface area (Å²) < 4.78 is 0.161. The lowest BCUT2D eigenvalue weighted by Crippen LogP contribution is -2.57. The number of benzene rings is 1. The van der Waals surface area contributed by atoms with Gasteiger partial charge in [-0.05, 0) is 61.8 Å².